The smallest absolute Gasteiger partial charge is 0.230 e. The molecule has 0 radical (unpaired) electrons. The van der Waals surface area contributed by atoms with Crippen molar-refractivity contribution in [1.29, 1.82) is 0 Å². The van der Waals surface area contributed by atoms with Crippen LogP contribution in [0.5, 0.6) is 0 Å². The Kier molecular flexibility index (Phi) is 5.26. The van der Waals surface area contributed by atoms with Gasteiger partial charge in [-0.2, -0.15) is 0 Å². The lowest BCUT2D eigenvalue weighted by Gasteiger charge is -2.31. The molecular weight excluding hydrogens is 364 g/mol. The summed E-state index contributed by atoms with van der Waals surface area (Å²) in [5, 5.41) is 5.21. The fourth-order valence-corrected chi connectivity index (χ4v) is 5.24. The molecule has 1 aliphatic carbocycles. The van der Waals surface area contributed by atoms with Gasteiger partial charge in [-0.25, -0.2) is 9.97 Å². The molecule has 0 atom stereocenters. The predicted molar refractivity (Wildman–Crippen MR) is 106 cm³/mol. The van der Waals surface area contributed by atoms with Crippen LogP contribution in [0.3, 0.4) is 0 Å². The van der Waals surface area contributed by atoms with Gasteiger partial charge in [0.05, 0.1) is 5.75 Å². The Balaban J connectivity index is 1.27. The number of carbonyl (C=O) groups is 1. The molecule has 1 saturated carbocycles. The zero-order valence-electron chi connectivity index (χ0n) is 14.7. The molecule has 0 aromatic carbocycles. The lowest BCUT2D eigenvalue weighted by atomic mass is 9.90. The van der Waals surface area contributed by atoms with Crippen molar-refractivity contribution in [2.75, 3.05) is 5.75 Å². The van der Waals surface area contributed by atoms with Crippen LogP contribution in [0.15, 0.2) is 40.3 Å². The minimum atomic E-state index is 0.110. The molecule has 3 aliphatic rings. The molecule has 0 bridgehead atoms. The summed E-state index contributed by atoms with van der Waals surface area (Å²) in [4.78, 5) is 21.1. The van der Waals surface area contributed by atoms with Crippen molar-refractivity contribution in [2.24, 2.45) is 0 Å². The molecule has 1 amide bonds. The molecule has 0 unspecified atom stereocenters. The summed E-state index contributed by atoms with van der Waals surface area (Å²) in [7, 11) is 0. The van der Waals surface area contributed by atoms with E-state index in [4.69, 9.17) is 0 Å². The first kappa shape index (κ1) is 17.5. The van der Waals surface area contributed by atoms with Crippen molar-refractivity contribution in [1.82, 2.24) is 19.9 Å². The molecule has 4 rings (SSSR count). The summed E-state index contributed by atoms with van der Waals surface area (Å²) in [6, 6.07) is 7.00. The summed E-state index contributed by atoms with van der Waals surface area (Å²) in [5.74, 6) is 1.62. The van der Waals surface area contributed by atoms with E-state index in [1.54, 1.807) is 11.3 Å². The monoisotopic (exact) mass is 386 g/mol. The topological polar surface area (TPSA) is 59.8 Å². The first-order valence-electron chi connectivity index (χ1n) is 8.95. The molecule has 136 valence electrons. The van der Waals surface area contributed by atoms with Gasteiger partial charge >= 0.3 is 0 Å². The van der Waals surface area contributed by atoms with Gasteiger partial charge < -0.3 is 9.88 Å². The van der Waals surface area contributed by atoms with Crippen molar-refractivity contribution in [3.63, 3.8) is 0 Å². The molecule has 26 heavy (non-hydrogen) atoms. The van der Waals surface area contributed by atoms with Gasteiger partial charge in [-0.1, -0.05) is 11.8 Å². The first-order chi connectivity index (χ1) is 12.7. The highest BCUT2D eigenvalue weighted by molar-refractivity contribution is 8.01. The maximum atomic E-state index is 12.2. The third-order valence-corrected chi connectivity index (χ3v) is 6.99. The maximum absolute atomic E-state index is 12.2. The van der Waals surface area contributed by atoms with Crippen LogP contribution in [-0.4, -0.2) is 32.2 Å². The Bertz CT molecular complexity index is 851. The Morgan fingerprint density at radius 3 is 2.96 bits per heavy atom. The third kappa shape index (κ3) is 3.94. The molecule has 1 N–H and O–H groups in total. The van der Waals surface area contributed by atoms with Crippen LogP contribution < -0.4 is 5.32 Å². The van der Waals surface area contributed by atoms with E-state index >= 15 is 0 Å². The number of nitrogens with one attached hydrogen (secondary N) is 1. The van der Waals surface area contributed by atoms with E-state index in [1.165, 1.54) is 17.3 Å². The largest absolute Gasteiger partial charge is 0.353 e. The van der Waals surface area contributed by atoms with Crippen molar-refractivity contribution >= 4 is 29.0 Å². The SMILES string of the molecule is Cc1csc(SCC(=O)NC2CCC(n3cccc4ccnc3-4)CC2)n1. The molecule has 1 aromatic heterocycles. The average molecular weight is 387 g/mol. The number of aryl methyl sites for hydroxylation is 1. The molecule has 7 heteroatoms. The van der Waals surface area contributed by atoms with Gasteiger partial charge in [0.2, 0.25) is 5.91 Å². The van der Waals surface area contributed by atoms with Crippen LogP contribution >= 0.6 is 23.1 Å². The molecule has 1 fully saturated rings. The van der Waals surface area contributed by atoms with E-state index in [2.05, 4.69) is 44.2 Å². The number of amides is 1. The zero-order chi connectivity index (χ0) is 17.9. The molecule has 5 nitrogen and oxygen atoms in total. The Labute approximate surface area is 161 Å². The number of fused-ring (bicyclic) bond motifs is 1. The summed E-state index contributed by atoms with van der Waals surface area (Å²) in [6.45, 7) is 1.97. The fraction of sp³-hybridized carbons (Fsp3) is 0.421. The first-order valence-corrected chi connectivity index (χ1v) is 10.8. The second-order valence-corrected chi connectivity index (χ2v) is 8.84. The Morgan fingerprint density at radius 2 is 2.19 bits per heavy atom. The molecule has 0 spiro atoms. The zero-order valence-corrected chi connectivity index (χ0v) is 16.4. The van der Waals surface area contributed by atoms with Gasteiger partial charge in [0.15, 0.2) is 4.34 Å². The van der Waals surface area contributed by atoms with E-state index in [9.17, 15) is 4.79 Å². The van der Waals surface area contributed by atoms with Gasteiger partial charge in [-0.05, 0) is 50.8 Å². The third-order valence-electron chi connectivity index (χ3n) is 4.86. The van der Waals surface area contributed by atoms with Gasteiger partial charge in [-0.15, -0.1) is 11.3 Å². The van der Waals surface area contributed by atoms with Crippen LogP contribution in [0, 0.1) is 6.92 Å². The van der Waals surface area contributed by atoms with E-state index in [-0.39, 0.29) is 11.9 Å². The van der Waals surface area contributed by atoms with E-state index < -0.39 is 0 Å². The predicted octanol–water partition coefficient (Wildman–Crippen LogP) is 4.15. The molecule has 3 heterocycles. The number of hydrogen-bond donors (Lipinski definition) is 1. The fourth-order valence-electron chi connectivity index (χ4n) is 3.58. The van der Waals surface area contributed by atoms with Crippen molar-refractivity contribution in [3.05, 3.63) is 41.7 Å². The van der Waals surface area contributed by atoms with E-state index in [1.807, 2.05) is 18.5 Å². The van der Waals surface area contributed by atoms with Crippen LogP contribution in [0.1, 0.15) is 37.4 Å². The lowest BCUT2D eigenvalue weighted by Crippen LogP contribution is -2.39. The number of thioether (sulfide) groups is 1. The van der Waals surface area contributed by atoms with Gasteiger partial charge in [0.1, 0.15) is 5.82 Å². The highest BCUT2D eigenvalue weighted by atomic mass is 32.2. The normalized spacial score (nSPS) is 20.3. The summed E-state index contributed by atoms with van der Waals surface area (Å²) in [5.41, 5.74) is 2.21. The van der Waals surface area contributed by atoms with Gasteiger partial charge in [0, 0.05) is 41.1 Å². The summed E-state index contributed by atoms with van der Waals surface area (Å²) >= 11 is 3.12. The number of rotatable bonds is 5. The Hall–Kier alpha value is -1.86. The quantitative estimate of drug-likeness (QED) is 0.670. The van der Waals surface area contributed by atoms with Gasteiger partial charge in [-0.3, -0.25) is 4.79 Å². The van der Waals surface area contributed by atoms with Crippen molar-refractivity contribution in [3.8, 4) is 11.4 Å². The molecule has 0 saturated heterocycles. The van der Waals surface area contributed by atoms with Crippen molar-refractivity contribution in [2.45, 2.75) is 49.0 Å². The second-order valence-electron chi connectivity index (χ2n) is 6.76. The standard InChI is InChI=1S/C19H22N4OS2/c1-13-11-25-19(21-13)26-12-17(24)22-15-4-6-16(7-5-15)23-10-2-3-14-8-9-20-18(14)23/h2-3,8-11,15-16H,4-7,12H2,1H3,(H,22,24). The number of carbonyl (C=O) groups excluding carboxylic acids is 1. The molecular formula is C19H22N4OS2. The number of pyridine rings is 1. The van der Waals surface area contributed by atoms with Crippen LogP contribution in [0.4, 0.5) is 0 Å². The Morgan fingerprint density at radius 1 is 1.35 bits per heavy atom. The highest BCUT2D eigenvalue weighted by Gasteiger charge is 2.25. The molecule has 1 aromatic rings. The average Bonchev–Trinajstić information content (AvgIpc) is 3.29. The van der Waals surface area contributed by atoms with E-state index in [0.717, 1.165) is 41.5 Å². The second kappa shape index (κ2) is 7.80. The number of hydrogen-bond acceptors (Lipinski definition) is 5. The van der Waals surface area contributed by atoms with Crippen LogP contribution in [-0.2, 0) is 4.79 Å². The maximum Gasteiger partial charge on any atom is 0.230 e. The van der Waals surface area contributed by atoms with E-state index in [0.29, 0.717) is 11.8 Å². The minimum absolute atomic E-state index is 0.110. The number of nitrogens with zero attached hydrogens (tertiary/aromatic N) is 3. The van der Waals surface area contributed by atoms with Crippen LogP contribution in [0.25, 0.3) is 11.4 Å². The number of thiazole rings is 1. The van der Waals surface area contributed by atoms with Crippen molar-refractivity contribution < 1.29 is 4.79 Å². The van der Waals surface area contributed by atoms with Gasteiger partial charge in [0.25, 0.3) is 0 Å². The lowest BCUT2D eigenvalue weighted by molar-refractivity contribution is -0.119. The summed E-state index contributed by atoms with van der Waals surface area (Å²) in [6.07, 6.45) is 8.17. The summed E-state index contributed by atoms with van der Waals surface area (Å²) < 4.78 is 3.27. The minimum Gasteiger partial charge on any atom is -0.353 e. The highest BCUT2D eigenvalue weighted by Crippen LogP contribution is 2.32. The van der Waals surface area contributed by atoms with Crippen LogP contribution in [0.2, 0.25) is 0 Å². The number of aromatic nitrogens is 3. The molecule has 2 aliphatic heterocycles.